The van der Waals surface area contributed by atoms with Gasteiger partial charge in [-0.2, -0.15) is 13.2 Å². The van der Waals surface area contributed by atoms with Gasteiger partial charge in [0.05, 0.1) is 33.4 Å². The van der Waals surface area contributed by atoms with E-state index in [1.54, 1.807) is 32.9 Å². The molecule has 1 unspecified atom stereocenters. The SMILES string of the molecule is COc1cc(CC(CC(F)(F)F)OOC(C)(C)C)cc(OC)c1OC. The minimum atomic E-state index is -4.38. The van der Waals surface area contributed by atoms with E-state index in [4.69, 9.17) is 24.0 Å². The van der Waals surface area contributed by atoms with Crippen LogP contribution in [0.2, 0.25) is 0 Å². The Morgan fingerprint density at radius 2 is 1.44 bits per heavy atom. The molecule has 0 aliphatic rings. The van der Waals surface area contributed by atoms with E-state index < -0.39 is 24.3 Å². The van der Waals surface area contributed by atoms with Gasteiger partial charge in [-0.15, -0.1) is 0 Å². The van der Waals surface area contributed by atoms with Crippen molar-refractivity contribution in [2.45, 2.75) is 51.5 Å². The first-order valence-corrected chi connectivity index (χ1v) is 7.69. The van der Waals surface area contributed by atoms with Crippen molar-refractivity contribution in [3.8, 4) is 17.2 Å². The molecular weight excluding hydrogens is 341 g/mol. The molecule has 0 bridgehead atoms. The standard InChI is InChI=1S/C17H25F3O5/c1-16(2,3)25-24-12(10-17(18,19)20)7-11-8-13(21-4)15(23-6)14(9-11)22-5/h8-9,12H,7,10H2,1-6H3. The molecule has 0 aromatic heterocycles. The fourth-order valence-corrected chi connectivity index (χ4v) is 2.13. The van der Waals surface area contributed by atoms with E-state index in [1.807, 2.05) is 0 Å². The van der Waals surface area contributed by atoms with Crippen LogP contribution in [-0.4, -0.2) is 39.2 Å². The van der Waals surface area contributed by atoms with Crippen LogP contribution in [0.3, 0.4) is 0 Å². The second-order valence-corrected chi connectivity index (χ2v) is 6.47. The number of rotatable bonds is 8. The molecule has 0 aliphatic carbocycles. The van der Waals surface area contributed by atoms with Crippen LogP contribution in [0.1, 0.15) is 32.8 Å². The third-order valence-electron chi connectivity index (χ3n) is 3.08. The summed E-state index contributed by atoms with van der Waals surface area (Å²) >= 11 is 0. The van der Waals surface area contributed by atoms with Gasteiger partial charge >= 0.3 is 6.18 Å². The van der Waals surface area contributed by atoms with Gasteiger partial charge in [0.1, 0.15) is 6.10 Å². The summed E-state index contributed by atoms with van der Waals surface area (Å²) in [6.45, 7) is 5.07. The lowest BCUT2D eigenvalue weighted by atomic mass is 10.0. The van der Waals surface area contributed by atoms with Gasteiger partial charge in [-0.25, -0.2) is 9.78 Å². The van der Waals surface area contributed by atoms with Crippen LogP contribution in [0.25, 0.3) is 0 Å². The smallest absolute Gasteiger partial charge is 0.391 e. The van der Waals surface area contributed by atoms with E-state index >= 15 is 0 Å². The third-order valence-corrected chi connectivity index (χ3v) is 3.08. The predicted octanol–water partition coefficient (Wildman–Crippen LogP) is 4.32. The highest BCUT2D eigenvalue weighted by atomic mass is 19.4. The Hall–Kier alpha value is -1.67. The lowest BCUT2D eigenvalue weighted by Crippen LogP contribution is -2.29. The quantitative estimate of drug-likeness (QED) is 0.506. The Morgan fingerprint density at radius 3 is 1.80 bits per heavy atom. The van der Waals surface area contributed by atoms with Crippen LogP contribution >= 0.6 is 0 Å². The maximum Gasteiger partial charge on any atom is 0.391 e. The van der Waals surface area contributed by atoms with Crippen molar-refractivity contribution in [2.24, 2.45) is 0 Å². The summed E-state index contributed by atoms with van der Waals surface area (Å²) in [7, 11) is 4.33. The molecular formula is C17H25F3O5. The highest BCUT2D eigenvalue weighted by Gasteiger charge is 2.34. The molecule has 0 radical (unpaired) electrons. The maximum atomic E-state index is 12.8. The number of hydrogen-bond donors (Lipinski definition) is 0. The number of ether oxygens (including phenoxy) is 3. The van der Waals surface area contributed by atoms with Gasteiger partial charge in [-0.3, -0.25) is 0 Å². The average molecular weight is 366 g/mol. The van der Waals surface area contributed by atoms with Crippen molar-refractivity contribution in [1.29, 1.82) is 0 Å². The van der Waals surface area contributed by atoms with E-state index in [-0.39, 0.29) is 6.42 Å². The molecule has 5 nitrogen and oxygen atoms in total. The molecule has 1 aromatic carbocycles. The molecule has 8 heteroatoms. The van der Waals surface area contributed by atoms with Crippen LogP contribution in [0.4, 0.5) is 13.2 Å². The largest absolute Gasteiger partial charge is 0.493 e. The van der Waals surface area contributed by atoms with Crippen molar-refractivity contribution in [3.05, 3.63) is 17.7 Å². The summed E-state index contributed by atoms with van der Waals surface area (Å²) in [6.07, 6.45) is -6.76. The zero-order valence-corrected chi connectivity index (χ0v) is 15.3. The lowest BCUT2D eigenvalue weighted by molar-refractivity contribution is -0.381. The highest BCUT2D eigenvalue weighted by Crippen LogP contribution is 2.39. The molecule has 0 amide bonds. The van der Waals surface area contributed by atoms with Gasteiger partial charge in [-0.1, -0.05) is 0 Å². The van der Waals surface area contributed by atoms with Crippen LogP contribution in [-0.2, 0) is 16.2 Å². The summed E-state index contributed by atoms with van der Waals surface area (Å²) < 4.78 is 54.1. The zero-order chi connectivity index (χ0) is 19.3. The number of halogens is 3. The fraction of sp³-hybridized carbons (Fsp3) is 0.647. The van der Waals surface area contributed by atoms with E-state index in [2.05, 4.69) is 0 Å². The summed E-state index contributed by atoms with van der Waals surface area (Å²) in [5.41, 5.74) is -0.180. The van der Waals surface area contributed by atoms with Crippen molar-refractivity contribution < 1.29 is 37.2 Å². The van der Waals surface area contributed by atoms with Gasteiger partial charge in [0.25, 0.3) is 0 Å². The third kappa shape index (κ3) is 7.39. The van der Waals surface area contributed by atoms with Crippen molar-refractivity contribution in [1.82, 2.24) is 0 Å². The van der Waals surface area contributed by atoms with Crippen LogP contribution < -0.4 is 14.2 Å². The minimum Gasteiger partial charge on any atom is -0.493 e. The second kappa shape index (κ2) is 8.62. The molecule has 0 saturated carbocycles. The Kier molecular flexibility index (Phi) is 7.37. The normalized spacial score (nSPS) is 13.5. The van der Waals surface area contributed by atoms with E-state index in [0.29, 0.717) is 22.8 Å². The van der Waals surface area contributed by atoms with Crippen LogP contribution in [0, 0.1) is 0 Å². The first-order chi connectivity index (χ1) is 11.5. The summed E-state index contributed by atoms with van der Waals surface area (Å²) in [6, 6.07) is 3.18. The monoisotopic (exact) mass is 366 g/mol. The molecule has 1 rings (SSSR count). The van der Waals surface area contributed by atoms with E-state index in [9.17, 15) is 13.2 Å². The van der Waals surface area contributed by atoms with Crippen molar-refractivity contribution in [3.63, 3.8) is 0 Å². The molecule has 0 spiro atoms. The van der Waals surface area contributed by atoms with Crippen LogP contribution in [0.5, 0.6) is 17.2 Å². The molecule has 0 N–H and O–H groups in total. The van der Waals surface area contributed by atoms with Gasteiger partial charge in [0, 0.05) is 6.42 Å². The van der Waals surface area contributed by atoms with Crippen LogP contribution in [0.15, 0.2) is 12.1 Å². The minimum absolute atomic E-state index is 0.0354. The van der Waals surface area contributed by atoms with Gasteiger partial charge < -0.3 is 14.2 Å². The summed E-state index contributed by atoms with van der Waals surface area (Å²) in [4.78, 5) is 10.1. The Balaban J connectivity index is 3.05. The molecule has 0 fully saturated rings. The first-order valence-electron chi connectivity index (χ1n) is 7.69. The van der Waals surface area contributed by atoms with Crippen molar-refractivity contribution >= 4 is 0 Å². The molecule has 1 aromatic rings. The molecule has 25 heavy (non-hydrogen) atoms. The molecule has 0 heterocycles. The summed E-state index contributed by atoms with van der Waals surface area (Å²) in [5.74, 6) is 1.09. The Bertz CT molecular complexity index is 527. The maximum absolute atomic E-state index is 12.8. The zero-order valence-electron chi connectivity index (χ0n) is 15.3. The van der Waals surface area contributed by atoms with E-state index in [0.717, 1.165) is 0 Å². The Morgan fingerprint density at radius 1 is 0.920 bits per heavy atom. The molecule has 0 aliphatic heterocycles. The van der Waals surface area contributed by atoms with Gasteiger partial charge in [-0.05, 0) is 38.5 Å². The second-order valence-electron chi connectivity index (χ2n) is 6.47. The molecule has 0 saturated heterocycles. The molecule has 144 valence electrons. The number of benzene rings is 1. The number of hydrogen-bond acceptors (Lipinski definition) is 5. The first kappa shape index (κ1) is 21.4. The molecule has 1 atom stereocenters. The van der Waals surface area contributed by atoms with E-state index in [1.165, 1.54) is 21.3 Å². The van der Waals surface area contributed by atoms with Gasteiger partial charge in [0.2, 0.25) is 5.75 Å². The fourth-order valence-electron chi connectivity index (χ4n) is 2.13. The number of alkyl halides is 3. The average Bonchev–Trinajstić information content (AvgIpc) is 2.49. The highest BCUT2D eigenvalue weighted by molar-refractivity contribution is 5.53. The number of methoxy groups -OCH3 is 3. The van der Waals surface area contributed by atoms with Crippen molar-refractivity contribution in [2.75, 3.05) is 21.3 Å². The predicted molar refractivity (Wildman–Crippen MR) is 86.2 cm³/mol. The summed E-state index contributed by atoms with van der Waals surface area (Å²) in [5, 5.41) is 0. The Labute approximate surface area is 145 Å². The lowest BCUT2D eigenvalue weighted by Gasteiger charge is -2.24. The van der Waals surface area contributed by atoms with Gasteiger partial charge in [0.15, 0.2) is 11.5 Å². The topological polar surface area (TPSA) is 46.2 Å².